The molecule has 0 bridgehead atoms. The lowest BCUT2D eigenvalue weighted by atomic mass is 10.1. The highest BCUT2D eigenvalue weighted by Crippen LogP contribution is 2.29. The normalized spacial score (nSPS) is 14.2. The molecule has 0 spiro atoms. The molecule has 1 amide bonds. The Bertz CT molecular complexity index is 1280. The minimum absolute atomic E-state index is 0.230. The van der Waals surface area contributed by atoms with Gasteiger partial charge in [-0.3, -0.25) is 4.79 Å². The molecule has 1 aliphatic rings. The number of aryl methyl sites for hydroxylation is 1. The molecule has 1 aliphatic heterocycles. The smallest absolute Gasteiger partial charge is 0.222 e. The van der Waals surface area contributed by atoms with Crippen LogP contribution in [0.1, 0.15) is 30.4 Å². The fourth-order valence-electron chi connectivity index (χ4n) is 4.35. The van der Waals surface area contributed by atoms with Crippen LogP contribution >= 0.6 is 11.8 Å². The molecule has 3 heterocycles. The van der Waals surface area contributed by atoms with Crippen molar-refractivity contribution in [3.63, 3.8) is 0 Å². The highest BCUT2D eigenvalue weighted by Gasteiger charge is 2.17. The summed E-state index contributed by atoms with van der Waals surface area (Å²) in [5, 5.41) is 10.8. The number of morpholine rings is 1. The molecular weight excluding hydrogens is 446 g/mol. The van der Waals surface area contributed by atoms with E-state index in [1.165, 1.54) is 11.1 Å². The van der Waals surface area contributed by atoms with Crippen molar-refractivity contribution in [2.45, 2.75) is 37.9 Å². The molecule has 7 nitrogen and oxygen atoms in total. The van der Waals surface area contributed by atoms with Gasteiger partial charge in [0.05, 0.1) is 18.7 Å². The molecular formula is C26H29N5O2S. The van der Waals surface area contributed by atoms with E-state index in [1.54, 1.807) is 11.8 Å². The summed E-state index contributed by atoms with van der Waals surface area (Å²) in [4.78, 5) is 19.1. The zero-order valence-corrected chi connectivity index (χ0v) is 20.3. The molecule has 0 atom stereocenters. The fraction of sp³-hybridized carbons (Fsp3) is 0.385. The first kappa shape index (κ1) is 22.8. The summed E-state index contributed by atoms with van der Waals surface area (Å²) in [5.74, 6) is 1.09. The number of aromatic nitrogens is 4. The highest BCUT2D eigenvalue weighted by molar-refractivity contribution is 7.99. The second-order valence-electron chi connectivity index (χ2n) is 8.66. The summed E-state index contributed by atoms with van der Waals surface area (Å²) < 4.78 is 7.56. The van der Waals surface area contributed by atoms with Gasteiger partial charge in [0, 0.05) is 37.2 Å². The van der Waals surface area contributed by atoms with E-state index in [2.05, 4.69) is 64.2 Å². The Morgan fingerprint density at radius 1 is 1.06 bits per heavy atom. The maximum atomic E-state index is 12.3. The number of carbonyl (C=O) groups excluding carboxylic acids is 1. The number of carbonyl (C=O) groups is 1. The topological polar surface area (TPSA) is 73.1 Å². The SMILES string of the molecule is Cc1ccc2c(c1)c1nnc(SCCCCC(=O)N3CCOCC3)nc1n2Cc1ccccc1. The number of fused-ring (bicyclic) bond motifs is 3. The average Bonchev–Trinajstić information content (AvgIpc) is 3.17. The van der Waals surface area contributed by atoms with Crippen molar-refractivity contribution < 1.29 is 9.53 Å². The van der Waals surface area contributed by atoms with Gasteiger partial charge in [0.25, 0.3) is 0 Å². The van der Waals surface area contributed by atoms with Crippen LogP contribution in [0.2, 0.25) is 0 Å². The molecule has 0 saturated carbocycles. The zero-order chi connectivity index (χ0) is 23.3. The van der Waals surface area contributed by atoms with Gasteiger partial charge in [0.15, 0.2) is 5.65 Å². The molecule has 4 aromatic rings. The number of rotatable bonds is 8. The molecule has 0 radical (unpaired) electrons. The Morgan fingerprint density at radius 3 is 2.71 bits per heavy atom. The van der Waals surface area contributed by atoms with Crippen LogP contribution in [-0.4, -0.2) is 62.6 Å². The average molecular weight is 476 g/mol. The molecule has 5 rings (SSSR count). The van der Waals surface area contributed by atoms with Crippen LogP contribution in [0.3, 0.4) is 0 Å². The lowest BCUT2D eigenvalue weighted by molar-refractivity contribution is -0.135. The van der Waals surface area contributed by atoms with Crippen molar-refractivity contribution in [3.8, 4) is 0 Å². The van der Waals surface area contributed by atoms with Gasteiger partial charge in [0.2, 0.25) is 11.1 Å². The van der Waals surface area contributed by atoms with E-state index in [4.69, 9.17) is 9.72 Å². The Kier molecular flexibility index (Phi) is 7.06. The number of hydrogen-bond donors (Lipinski definition) is 0. The van der Waals surface area contributed by atoms with Gasteiger partial charge in [-0.05, 0) is 37.5 Å². The van der Waals surface area contributed by atoms with Crippen molar-refractivity contribution in [2.75, 3.05) is 32.1 Å². The van der Waals surface area contributed by atoms with Gasteiger partial charge >= 0.3 is 0 Å². The first-order valence-corrected chi connectivity index (χ1v) is 12.8. The van der Waals surface area contributed by atoms with Crippen molar-refractivity contribution in [1.29, 1.82) is 0 Å². The first-order valence-electron chi connectivity index (χ1n) is 11.8. The monoisotopic (exact) mass is 475 g/mol. The van der Waals surface area contributed by atoms with E-state index in [0.29, 0.717) is 37.9 Å². The van der Waals surface area contributed by atoms with E-state index in [9.17, 15) is 4.79 Å². The molecule has 34 heavy (non-hydrogen) atoms. The Hall–Kier alpha value is -2.97. The predicted octanol–water partition coefficient (Wildman–Crippen LogP) is 4.46. The minimum atomic E-state index is 0.230. The molecule has 0 unspecified atom stereocenters. The summed E-state index contributed by atoms with van der Waals surface area (Å²) >= 11 is 1.61. The first-order chi connectivity index (χ1) is 16.7. The lowest BCUT2D eigenvalue weighted by Crippen LogP contribution is -2.40. The summed E-state index contributed by atoms with van der Waals surface area (Å²) in [6.45, 7) is 5.54. The van der Waals surface area contributed by atoms with Gasteiger partial charge in [0.1, 0.15) is 5.52 Å². The third-order valence-electron chi connectivity index (χ3n) is 6.17. The number of ether oxygens (including phenoxy) is 1. The molecule has 0 N–H and O–H groups in total. The van der Waals surface area contributed by atoms with Gasteiger partial charge < -0.3 is 14.2 Å². The summed E-state index contributed by atoms with van der Waals surface area (Å²) in [6.07, 6.45) is 2.39. The van der Waals surface area contributed by atoms with Crippen molar-refractivity contribution in [1.82, 2.24) is 24.6 Å². The van der Waals surface area contributed by atoms with E-state index in [1.807, 2.05) is 11.0 Å². The molecule has 1 fully saturated rings. The summed E-state index contributed by atoms with van der Waals surface area (Å²) in [6, 6.07) is 16.9. The van der Waals surface area contributed by atoms with E-state index in [0.717, 1.165) is 47.2 Å². The van der Waals surface area contributed by atoms with Crippen LogP contribution in [0.15, 0.2) is 53.7 Å². The molecule has 176 valence electrons. The van der Waals surface area contributed by atoms with E-state index < -0.39 is 0 Å². The zero-order valence-electron chi connectivity index (χ0n) is 19.4. The maximum absolute atomic E-state index is 12.3. The number of amides is 1. The molecule has 0 aliphatic carbocycles. The van der Waals surface area contributed by atoms with Crippen LogP contribution in [0, 0.1) is 6.92 Å². The fourth-order valence-corrected chi connectivity index (χ4v) is 5.14. The van der Waals surface area contributed by atoms with Crippen LogP contribution in [0.4, 0.5) is 0 Å². The number of unbranched alkanes of at least 4 members (excludes halogenated alkanes) is 1. The molecule has 8 heteroatoms. The maximum Gasteiger partial charge on any atom is 0.222 e. The Balaban J connectivity index is 1.28. The lowest BCUT2D eigenvalue weighted by Gasteiger charge is -2.26. The second-order valence-corrected chi connectivity index (χ2v) is 9.72. The Morgan fingerprint density at radius 2 is 1.88 bits per heavy atom. The summed E-state index contributed by atoms with van der Waals surface area (Å²) in [7, 11) is 0. The standard InChI is InChI=1S/C26H29N5O2S/c1-19-10-11-22-21(17-19)24-25(31(22)18-20-7-3-2-4-8-20)27-26(29-28-24)34-16-6-5-9-23(32)30-12-14-33-15-13-30/h2-4,7-8,10-11,17H,5-6,9,12-16,18H2,1H3. The minimum Gasteiger partial charge on any atom is -0.378 e. The number of thioether (sulfide) groups is 1. The number of hydrogen-bond acceptors (Lipinski definition) is 6. The number of benzene rings is 2. The number of nitrogens with zero attached hydrogens (tertiary/aromatic N) is 5. The van der Waals surface area contributed by atoms with E-state index in [-0.39, 0.29) is 5.91 Å². The van der Waals surface area contributed by atoms with Crippen LogP contribution < -0.4 is 0 Å². The van der Waals surface area contributed by atoms with Gasteiger partial charge in [-0.25, -0.2) is 4.98 Å². The van der Waals surface area contributed by atoms with Crippen LogP contribution in [-0.2, 0) is 16.1 Å². The third-order valence-corrected chi connectivity index (χ3v) is 7.09. The van der Waals surface area contributed by atoms with Gasteiger partial charge in [-0.15, -0.1) is 10.2 Å². The van der Waals surface area contributed by atoms with Crippen molar-refractivity contribution >= 4 is 39.7 Å². The quantitative estimate of drug-likeness (QED) is 0.277. The molecule has 2 aromatic carbocycles. The van der Waals surface area contributed by atoms with Crippen LogP contribution in [0.25, 0.3) is 22.1 Å². The summed E-state index contributed by atoms with van der Waals surface area (Å²) in [5.41, 5.74) is 5.24. The predicted molar refractivity (Wildman–Crippen MR) is 135 cm³/mol. The van der Waals surface area contributed by atoms with Crippen LogP contribution in [0.5, 0.6) is 0 Å². The Labute approximate surface area is 203 Å². The van der Waals surface area contributed by atoms with Gasteiger partial charge in [-0.2, -0.15) is 0 Å². The molecule has 2 aromatic heterocycles. The third kappa shape index (κ3) is 5.08. The van der Waals surface area contributed by atoms with E-state index >= 15 is 0 Å². The molecule has 1 saturated heterocycles. The van der Waals surface area contributed by atoms with Crippen molar-refractivity contribution in [3.05, 3.63) is 59.7 Å². The van der Waals surface area contributed by atoms with Gasteiger partial charge in [-0.1, -0.05) is 53.7 Å². The largest absolute Gasteiger partial charge is 0.378 e. The second kappa shape index (κ2) is 10.5. The van der Waals surface area contributed by atoms with Crippen molar-refractivity contribution in [2.24, 2.45) is 0 Å². The highest BCUT2D eigenvalue weighted by atomic mass is 32.2.